The van der Waals surface area contributed by atoms with Crippen LogP contribution in [0.25, 0.3) is 10.2 Å². The van der Waals surface area contributed by atoms with Gasteiger partial charge in [-0.15, -0.1) is 11.3 Å². The molecule has 0 spiro atoms. The molecule has 22 heavy (non-hydrogen) atoms. The zero-order valence-electron chi connectivity index (χ0n) is 13.5. The fraction of sp³-hybridized carbons (Fsp3) is 0.588. The predicted octanol–water partition coefficient (Wildman–Crippen LogP) is 4.47. The lowest BCUT2D eigenvalue weighted by molar-refractivity contribution is 0.143. The van der Waals surface area contributed by atoms with Crippen molar-refractivity contribution >= 4 is 32.5 Å². The van der Waals surface area contributed by atoms with Gasteiger partial charge < -0.3 is 0 Å². The number of thiazole rings is 1. The van der Waals surface area contributed by atoms with Crippen molar-refractivity contribution < 1.29 is 4.21 Å². The second-order valence-corrected chi connectivity index (χ2v) is 8.95. The van der Waals surface area contributed by atoms with Crippen molar-refractivity contribution in [3.05, 3.63) is 24.3 Å². The van der Waals surface area contributed by atoms with Crippen LogP contribution in [-0.4, -0.2) is 26.1 Å². The van der Waals surface area contributed by atoms with Crippen molar-refractivity contribution in [1.29, 1.82) is 0 Å². The summed E-state index contributed by atoms with van der Waals surface area (Å²) < 4.78 is 17.2. The Morgan fingerprint density at radius 3 is 2.59 bits per heavy atom. The molecule has 1 aromatic carbocycles. The zero-order valence-corrected chi connectivity index (χ0v) is 15.1. The average molecular weight is 337 g/mol. The molecule has 2 aromatic rings. The monoisotopic (exact) mass is 336 g/mol. The summed E-state index contributed by atoms with van der Waals surface area (Å²) in [6.07, 6.45) is 3.77. The fourth-order valence-electron chi connectivity index (χ4n) is 3.70. The maximum Gasteiger partial charge on any atom is 0.197 e. The molecule has 0 radical (unpaired) electrons. The molecular formula is C17H24N2OS2. The van der Waals surface area contributed by atoms with Crippen LogP contribution in [0, 0.1) is 11.8 Å². The third-order valence-electron chi connectivity index (χ3n) is 4.77. The standard InChI is InChI=1S/C17H24N2OS2/c1-4-19(16-12(2)8-7-9-13(16)3)22(20)17-18-14-10-5-6-11-15(14)21-17/h5-6,10-13,16H,4,7-9H2,1-3H3. The molecule has 1 heterocycles. The van der Waals surface area contributed by atoms with Gasteiger partial charge in [0.2, 0.25) is 0 Å². The van der Waals surface area contributed by atoms with E-state index in [1.165, 1.54) is 19.3 Å². The van der Waals surface area contributed by atoms with Gasteiger partial charge in [-0.1, -0.05) is 39.3 Å². The van der Waals surface area contributed by atoms with Crippen molar-refractivity contribution in [3.63, 3.8) is 0 Å². The summed E-state index contributed by atoms with van der Waals surface area (Å²) in [4.78, 5) is 4.60. The van der Waals surface area contributed by atoms with E-state index < -0.39 is 11.0 Å². The Bertz CT molecular complexity index is 626. The van der Waals surface area contributed by atoms with E-state index in [-0.39, 0.29) is 0 Å². The maximum absolute atomic E-state index is 13.1. The minimum Gasteiger partial charge on any atom is -0.235 e. The maximum atomic E-state index is 13.1. The second-order valence-electron chi connectivity index (χ2n) is 6.31. The molecule has 3 atom stereocenters. The van der Waals surface area contributed by atoms with Crippen molar-refractivity contribution in [1.82, 2.24) is 9.29 Å². The van der Waals surface area contributed by atoms with Crippen molar-refractivity contribution in [2.45, 2.75) is 50.4 Å². The second kappa shape index (κ2) is 6.77. The fourth-order valence-corrected chi connectivity index (χ4v) is 6.48. The number of hydrogen-bond donors (Lipinski definition) is 0. The van der Waals surface area contributed by atoms with Gasteiger partial charge in [0.1, 0.15) is 0 Å². The minimum absolute atomic E-state index is 0.395. The molecule has 1 aliphatic rings. The van der Waals surface area contributed by atoms with Crippen LogP contribution >= 0.6 is 11.3 Å². The van der Waals surface area contributed by atoms with Crippen molar-refractivity contribution in [2.24, 2.45) is 11.8 Å². The Hall–Kier alpha value is -0.780. The number of benzene rings is 1. The SMILES string of the molecule is CCN(C1C(C)CCCC1C)S(=O)c1nc2ccccc2s1. The van der Waals surface area contributed by atoms with Crippen molar-refractivity contribution in [2.75, 3.05) is 6.54 Å². The van der Waals surface area contributed by atoms with Gasteiger partial charge in [-0.2, -0.15) is 0 Å². The van der Waals surface area contributed by atoms with Crippen LogP contribution in [-0.2, 0) is 11.0 Å². The summed E-state index contributed by atoms with van der Waals surface area (Å²) in [5.74, 6) is 1.20. The lowest BCUT2D eigenvalue weighted by Gasteiger charge is -2.40. The van der Waals surface area contributed by atoms with Gasteiger partial charge in [0.25, 0.3) is 0 Å². The summed E-state index contributed by atoms with van der Waals surface area (Å²) in [6.45, 7) is 7.53. The normalized spacial score (nSPS) is 27.4. The van der Waals surface area contributed by atoms with Gasteiger partial charge in [0, 0.05) is 12.6 Å². The van der Waals surface area contributed by atoms with Crippen LogP contribution in [0.5, 0.6) is 0 Å². The van der Waals surface area contributed by atoms with Crippen LogP contribution in [0.3, 0.4) is 0 Å². The van der Waals surface area contributed by atoms with E-state index in [1.54, 1.807) is 11.3 Å². The summed E-state index contributed by atoms with van der Waals surface area (Å²) in [6, 6.07) is 8.43. The van der Waals surface area contributed by atoms with E-state index in [0.29, 0.717) is 17.9 Å². The summed E-state index contributed by atoms with van der Waals surface area (Å²) in [7, 11) is -1.15. The number of hydrogen-bond acceptors (Lipinski definition) is 3. The van der Waals surface area contributed by atoms with Crippen LogP contribution in [0.4, 0.5) is 0 Å². The Morgan fingerprint density at radius 1 is 1.27 bits per heavy atom. The van der Waals surface area contributed by atoms with Gasteiger partial charge in [-0.25, -0.2) is 13.5 Å². The Kier molecular flexibility index (Phi) is 4.95. The molecule has 5 heteroatoms. The molecule has 0 saturated heterocycles. The molecule has 0 amide bonds. The zero-order chi connectivity index (χ0) is 15.7. The summed E-state index contributed by atoms with van der Waals surface area (Å²) in [5.41, 5.74) is 0.955. The van der Waals surface area contributed by atoms with Gasteiger partial charge in [0.15, 0.2) is 15.3 Å². The van der Waals surface area contributed by atoms with Gasteiger partial charge in [-0.3, -0.25) is 0 Å². The van der Waals surface area contributed by atoms with E-state index in [0.717, 1.165) is 21.1 Å². The first-order valence-electron chi connectivity index (χ1n) is 8.16. The predicted molar refractivity (Wildman–Crippen MR) is 94.4 cm³/mol. The highest BCUT2D eigenvalue weighted by molar-refractivity contribution is 7.85. The number of para-hydroxylation sites is 1. The van der Waals surface area contributed by atoms with Crippen LogP contribution in [0.15, 0.2) is 28.6 Å². The molecule has 1 fully saturated rings. The molecule has 1 saturated carbocycles. The lowest BCUT2D eigenvalue weighted by Crippen LogP contribution is -2.46. The van der Waals surface area contributed by atoms with Gasteiger partial charge >= 0.3 is 0 Å². The third-order valence-corrected chi connectivity index (χ3v) is 7.59. The van der Waals surface area contributed by atoms with Crippen LogP contribution < -0.4 is 0 Å². The molecule has 3 rings (SSSR count). The molecule has 3 nitrogen and oxygen atoms in total. The quantitative estimate of drug-likeness (QED) is 0.825. The van der Waals surface area contributed by atoms with E-state index in [9.17, 15) is 4.21 Å². The largest absolute Gasteiger partial charge is 0.235 e. The Labute approximate surface area is 139 Å². The molecule has 1 aromatic heterocycles. The molecular weight excluding hydrogens is 312 g/mol. The van der Waals surface area contributed by atoms with E-state index in [2.05, 4.69) is 36.1 Å². The average Bonchev–Trinajstić information content (AvgIpc) is 2.94. The highest BCUT2D eigenvalue weighted by Gasteiger charge is 2.35. The first kappa shape index (κ1) is 16.1. The smallest absolute Gasteiger partial charge is 0.197 e. The molecule has 3 unspecified atom stereocenters. The molecule has 0 aliphatic heterocycles. The Morgan fingerprint density at radius 2 is 1.95 bits per heavy atom. The highest BCUT2D eigenvalue weighted by atomic mass is 32.2. The summed E-state index contributed by atoms with van der Waals surface area (Å²) in [5, 5.41) is 0. The van der Waals surface area contributed by atoms with Crippen molar-refractivity contribution in [3.8, 4) is 0 Å². The molecule has 120 valence electrons. The molecule has 0 N–H and O–H groups in total. The molecule has 0 bridgehead atoms. The van der Waals surface area contributed by atoms with E-state index >= 15 is 0 Å². The summed E-state index contributed by atoms with van der Waals surface area (Å²) >= 11 is 1.56. The molecule has 1 aliphatic carbocycles. The van der Waals surface area contributed by atoms with E-state index in [1.807, 2.05) is 18.2 Å². The Balaban J connectivity index is 1.90. The third kappa shape index (κ3) is 2.99. The number of rotatable bonds is 4. The topological polar surface area (TPSA) is 33.2 Å². The number of aromatic nitrogens is 1. The first-order valence-corrected chi connectivity index (χ1v) is 10.1. The van der Waals surface area contributed by atoms with Gasteiger partial charge in [-0.05, 0) is 36.8 Å². The van der Waals surface area contributed by atoms with Crippen LogP contribution in [0.2, 0.25) is 0 Å². The van der Waals surface area contributed by atoms with Gasteiger partial charge in [0.05, 0.1) is 10.2 Å². The first-order chi connectivity index (χ1) is 10.6. The van der Waals surface area contributed by atoms with Crippen LogP contribution in [0.1, 0.15) is 40.0 Å². The highest BCUT2D eigenvalue weighted by Crippen LogP contribution is 2.35. The lowest BCUT2D eigenvalue weighted by atomic mass is 9.79. The van der Waals surface area contributed by atoms with E-state index in [4.69, 9.17) is 0 Å². The number of nitrogens with zero attached hydrogens (tertiary/aromatic N) is 2. The minimum atomic E-state index is -1.15. The number of fused-ring (bicyclic) bond motifs is 1.